The van der Waals surface area contributed by atoms with Gasteiger partial charge in [0.1, 0.15) is 0 Å². The monoisotopic (exact) mass is 536 g/mol. The lowest BCUT2D eigenvalue weighted by Gasteiger charge is -2.26. The van der Waals surface area contributed by atoms with Crippen LogP contribution in [0.4, 0.5) is 0 Å². The predicted molar refractivity (Wildman–Crippen MR) is 160 cm³/mol. The molecule has 0 aliphatic heterocycles. The van der Waals surface area contributed by atoms with Gasteiger partial charge in [-0.1, -0.05) is 106 Å². The SMILES string of the molecule is CCC(C)CCCC(C)CCCCOC(=O)C1CCC(C(=O)OCCCCC(C)CCCC(C)CC)CC1. The van der Waals surface area contributed by atoms with Gasteiger partial charge in [0.25, 0.3) is 0 Å². The molecule has 0 aromatic rings. The molecule has 4 atom stereocenters. The van der Waals surface area contributed by atoms with Crippen molar-refractivity contribution in [2.75, 3.05) is 13.2 Å². The Labute approximate surface area is 236 Å². The van der Waals surface area contributed by atoms with Crippen molar-refractivity contribution >= 4 is 11.9 Å². The minimum absolute atomic E-state index is 0.0414. The van der Waals surface area contributed by atoms with Gasteiger partial charge in [0, 0.05) is 0 Å². The normalized spacial score (nSPS) is 20.9. The number of ether oxygens (including phenoxy) is 2. The van der Waals surface area contributed by atoms with Crippen LogP contribution in [0.2, 0.25) is 0 Å². The second-order valence-electron chi connectivity index (χ2n) is 13.0. The van der Waals surface area contributed by atoms with E-state index < -0.39 is 0 Å². The minimum Gasteiger partial charge on any atom is -0.465 e. The van der Waals surface area contributed by atoms with Gasteiger partial charge in [-0.25, -0.2) is 0 Å². The van der Waals surface area contributed by atoms with Gasteiger partial charge in [0.15, 0.2) is 0 Å². The number of hydrogen-bond donors (Lipinski definition) is 0. The average molecular weight is 537 g/mol. The fourth-order valence-electron chi connectivity index (χ4n) is 5.66. The highest BCUT2D eigenvalue weighted by Crippen LogP contribution is 2.31. The third-order valence-electron chi connectivity index (χ3n) is 9.25. The Bertz CT molecular complexity index is 543. The van der Waals surface area contributed by atoms with Crippen LogP contribution in [0.25, 0.3) is 0 Å². The summed E-state index contributed by atoms with van der Waals surface area (Å²) in [6, 6.07) is 0. The highest BCUT2D eigenvalue weighted by molar-refractivity contribution is 5.75. The van der Waals surface area contributed by atoms with Gasteiger partial charge >= 0.3 is 11.9 Å². The van der Waals surface area contributed by atoms with Gasteiger partial charge in [-0.2, -0.15) is 0 Å². The van der Waals surface area contributed by atoms with Crippen molar-refractivity contribution in [1.82, 2.24) is 0 Å². The largest absolute Gasteiger partial charge is 0.465 e. The summed E-state index contributed by atoms with van der Waals surface area (Å²) in [5.41, 5.74) is 0. The first-order valence-electron chi connectivity index (χ1n) is 16.6. The molecule has 224 valence electrons. The van der Waals surface area contributed by atoms with Crippen molar-refractivity contribution in [2.45, 2.75) is 157 Å². The van der Waals surface area contributed by atoms with Crippen LogP contribution in [0.15, 0.2) is 0 Å². The molecule has 4 heteroatoms. The first-order valence-corrected chi connectivity index (χ1v) is 16.6. The van der Waals surface area contributed by atoms with Gasteiger partial charge in [0.05, 0.1) is 25.0 Å². The number of esters is 2. The van der Waals surface area contributed by atoms with Crippen molar-refractivity contribution in [3.63, 3.8) is 0 Å². The van der Waals surface area contributed by atoms with E-state index in [1.807, 2.05) is 0 Å². The molecule has 0 aromatic heterocycles. The lowest BCUT2D eigenvalue weighted by atomic mass is 9.82. The number of unbranched alkanes of at least 4 members (excludes halogenated alkanes) is 2. The van der Waals surface area contributed by atoms with Crippen LogP contribution in [-0.2, 0) is 19.1 Å². The summed E-state index contributed by atoms with van der Waals surface area (Å²) < 4.78 is 11.2. The van der Waals surface area contributed by atoms with Crippen molar-refractivity contribution in [3.8, 4) is 0 Å². The van der Waals surface area contributed by atoms with Crippen LogP contribution in [-0.4, -0.2) is 25.2 Å². The van der Waals surface area contributed by atoms with Crippen LogP contribution < -0.4 is 0 Å². The predicted octanol–water partition coefficient (Wildman–Crippen LogP) is 9.92. The summed E-state index contributed by atoms with van der Waals surface area (Å²) in [4.78, 5) is 25.0. The van der Waals surface area contributed by atoms with Gasteiger partial charge in [-0.05, 0) is 75.0 Å². The highest BCUT2D eigenvalue weighted by atomic mass is 16.5. The minimum atomic E-state index is -0.0586. The molecule has 0 radical (unpaired) electrons. The van der Waals surface area contributed by atoms with E-state index in [9.17, 15) is 9.59 Å². The topological polar surface area (TPSA) is 52.6 Å². The number of carbonyl (C=O) groups is 2. The summed E-state index contributed by atoms with van der Waals surface area (Å²) in [6.45, 7) is 15.0. The molecule has 0 heterocycles. The van der Waals surface area contributed by atoms with Crippen LogP contribution in [0.3, 0.4) is 0 Å². The molecule has 4 unspecified atom stereocenters. The van der Waals surface area contributed by atoms with E-state index in [0.717, 1.165) is 75.0 Å². The van der Waals surface area contributed by atoms with E-state index in [4.69, 9.17) is 9.47 Å². The Morgan fingerprint density at radius 2 is 0.842 bits per heavy atom. The van der Waals surface area contributed by atoms with E-state index in [1.54, 1.807) is 0 Å². The number of carbonyl (C=O) groups excluding carboxylic acids is 2. The molecule has 38 heavy (non-hydrogen) atoms. The molecule has 0 N–H and O–H groups in total. The molecule has 0 spiro atoms. The molecule has 1 fully saturated rings. The standard InChI is InChI=1S/C34H64O4/c1-7-27(3)17-13-19-29(5)15-9-11-25-37-33(35)31-21-23-32(24-22-31)34(36)38-26-12-10-16-30(6)20-14-18-28(4)8-2/h27-32H,7-26H2,1-6H3. The van der Waals surface area contributed by atoms with Crippen LogP contribution in [0.5, 0.6) is 0 Å². The Balaban J connectivity index is 2.04. The summed E-state index contributed by atoms with van der Waals surface area (Å²) in [7, 11) is 0. The van der Waals surface area contributed by atoms with E-state index in [2.05, 4.69) is 41.5 Å². The van der Waals surface area contributed by atoms with E-state index in [0.29, 0.717) is 13.2 Å². The number of rotatable bonds is 22. The first-order chi connectivity index (χ1) is 18.3. The molecule has 4 nitrogen and oxygen atoms in total. The van der Waals surface area contributed by atoms with Crippen molar-refractivity contribution in [2.24, 2.45) is 35.5 Å². The van der Waals surface area contributed by atoms with Gasteiger partial charge in [0.2, 0.25) is 0 Å². The van der Waals surface area contributed by atoms with Crippen LogP contribution >= 0.6 is 0 Å². The Hall–Kier alpha value is -1.06. The molecule has 1 aliphatic carbocycles. The number of hydrogen-bond acceptors (Lipinski definition) is 4. The van der Waals surface area contributed by atoms with E-state index in [1.165, 1.54) is 64.2 Å². The van der Waals surface area contributed by atoms with E-state index in [-0.39, 0.29) is 23.8 Å². The Kier molecular flexibility index (Phi) is 20.0. The maximum Gasteiger partial charge on any atom is 0.308 e. The maximum atomic E-state index is 12.5. The van der Waals surface area contributed by atoms with Gasteiger partial charge < -0.3 is 9.47 Å². The van der Waals surface area contributed by atoms with Crippen LogP contribution in [0, 0.1) is 35.5 Å². The Morgan fingerprint density at radius 3 is 1.18 bits per heavy atom. The second-order valence-corrected chi connectivity index (χ2v) is 13.0. The summed E-state index contributed by atoms with van der Waals surface area (Å²) in [5.74, 6) is 3.02. The summed E-state index contributed by atoms with van der Waals surface area (Å²) >= 11 is 0. The smallest absolute Gasteiger partial charge is 0.308 e. The van der Waals surface area contributed by atoms with E-state index >= 15 is 0 Å². The van der Waals surface area contributed by atoms with Crippen molar-refractivity contribution in [3.05, 3.63) is 0 Å². The highest BCUT2D eigenvalue weighted by Gasteiger charge is 2.31. The molecular formula is C34H64O4. The zero-order chi connectivity index (χ0) is 28.2. The second kappa shape index (κ2) is 21.7. The maximum absolute atomic E-state index is 12.5. The zero-order valence-electron chi connectivity index (χ0n) is 26.2. The first kappa shape index (κ1) is 35.0. The fourth-order valence-corrected chi connectivity index (χ4v) is 5.66. The molecule has 0 aromatic carbocycles. The molecule has 1 rings (SSSR count). The third kappa shape index (κ3) is 16.8. The molecule has 1 saturated carbocycles. The van der Waals surface area contributed by atoms with Crippen LogP contribution in [0.1, 0.15) is 157 Å². The molecule has 0 bridgehead atoms. The van der Waals surface area contributed by atoms with Gasteiger partial charge in [-0.15, -0.1) is 0 Å². The Morgan fingerprint density at radius 1 is 0.526 bits per heavy atom. The quantitative estimate of drug-likeness (QED) is 0.102. The lowest BCUT2D eigenvalue weighted by molar-refractivity contribution is -0.155. The molecule has 0 saturated heterocycles. The zero-order valence-corrected chi connectivity index (χ0v) is 26.2. The van der Waals surface area contributed by atoms with Crippen molar-refractivity contribution < 1.29 is 19.1 Å². The summed E-state index contributed by atoms with van der Waals surface area (Å²) in [6.07, 6.45) is 20.2. The van der Waals surface area contributed by atoms with Gasteiger partial charge in [-0.3, -0.25) is 9.59 Å². The third-order valence-corrected chi connectivity index (χ3v) is 9.25. The lowest BCUT2D eigenvalue weighted by Crippen LogP contribution is -2.28. The molecule has 1 aliphatic rings. The summed E-state index contributed by atoms with van der Waals surface area (Å²) in [5, 5.41) is 0. The fraction of sp³-hybridized carbons (Fsp3) is 0.941. The molecule has 0 amide bonds. The average Bonchev–Trinajstić information content (AvgIpc) is 2.92. The van der Waals surface area contributed by atoms with Crippen molar-refractivity contribution in [1.29, 1.82) is 0 Å². The molecular weight excluding hydrogens is 472 g/mol.